The number of carboxylic acids is 1. The van der Waals surface area contributed by atoms with Gasteiger partial charge in [0, 0.05) is 12.3 Å². The molecular formula is C27H32NO5+. The van der Waals surface area contributed by atoms with Gasteiger partial charge in [-0.15, -0.1) is 4.48 Å². The Bertz CT molecular complexity index is 1000. The molecule has 1 fully saturated rings. The number of hydrogen-bond acceptors (Lipinski definition) is 4. The van der Waals surface area contributed by atoms with E-state index >= 15 is 0 Å². The van der Waals surface area contributed by atoms with Gasteiger partial charge in [0.25, 0.3) is 0 Å². The lowest BCUT2D eigenvalue weighted by Crippen LogP contribution is -2.62. The summed E-state index contributed by atoms with van der Waals surface area (Å²) in [5.74, 6) is -1.66. The number of carboxylic acid groups (broad SMARTS) is 1. The van der Waals surface area contributed by atoms with E-state index in [1.165, 1.54) is 0 Å². The molecule has 1 aliphatic rings. The Kier molecular flexibility index (Phi) is 7.18. The Morgan fingerprint density at radius 3 is 2.00 bits per heavy atom. The number of benzene rings is 2. The fourth-order valence-corrected chi connectivity index (χ4v) is 4.44. The maximum Gasteiger partial charge on any atom is 0.525 e. The van der Waals surface area contributed by atoms with Crippen LogP contribution in [0.15, 0.2) is 72.3 Å². The lowest BCUT2D eigenvalue weighted by molar-refractivity contribution is -0.789. The van der Waals surface area contributed by atoms with E-state index in [9.17, 15) is 19.5 Å². The van der Waals surface area contributed by atoms with Gasteiger partial charge in [-0.1, -0.05) is 66.7 Å². The summed E-state index contributed by atoms with van der Waals surface area (Å²) >= 11 is 0. The summed E-state index contributed by atoms with van der Waals surface area (Å²) in [6.45, 7) is 6.78. The molecule has 1 heterocycles. The van der Waals surface area contributed by atoms with Gasteiger partial charge in [0.1, 0.15) is 5.60 Å². The van der Waals surface area contributed by atoms with Crippen molar-refractivity contribution < 1.29 is 28.7 Å². The molecule has 1 aliphatic heterocycles. The molecule has 6 nitrogen and oxygen atoms in total. The van der Waals surface area contributed by atoms with Crippen LogP contribution in [0.1, 0.15) is 57.6 Å². The number of imide groups is 1. The molecule has 0 bridgehead atoms. The van der Waals surface area contributed by atoms with Gasteiger partial charge in [0.05, 0.1) is 12.1 Å². The average Bonchev–Trinajstić information content (AvgIpc) is 3.07. The second kappa shape index (κ2) is 9.71. The Hall–Kier alpha value is -3.25. The SMILES string of the molecule is CC[N+]1(C(=O)OC(C)(C)C)C(=O)/C(=C/CC(c2ccccc2)c2ccccc2)C[C@H]1C(=O)O. The highest BCUT2D eigenvalue weighted by molar-refractivity contribution is 5.99. The number of ether oxygens (including phenoxy) is 1. The van der Waals surface area contributed by atoms with Crippen LogP contribution in [-0.4, -0.2) is 45.7 Å². The molecular weight excluding hydrogens is 418 g/mol. The number of likely N-dealkylation sites (tertiary alicyclic amines) is 1. The van der Waals surface area contributed by atoms with Gasteiger partial charge in [-0.05, 0) is 45.2 Å². The molecule has 1 unspecified atom stereocenters. The fourth-order valence-electron chi connectivity index (χ4n) is 4.44. The standard InChI is InChI=1S/C27H31NO5/c1-5-28(26(32)33-27(2,3)4)23(25(30)31)18-21(24(28)29)16-17-22(19-12-8-6-9-13-19)20-14-10-7-11-15-20/h6-16,22-23H,5,17-18H2,1-4H3/p+1/b21-16+/t23-,28?/m0/s1. The van der Waals surface area contributed by atoms with E-state index in [4.69, 9.17) is 4.74 Å². The third kappa shape index (κ3) is 5.06. The van der Waals surface area contributed by atoms with Crippen LogP contribution in [0.4, 0.5) is 4.79 Å². The van der Waals surface area contributed by atoms with Crippen LogP contribution < -0.4 is 0 Å². The molecule has 174 valence electrons. The predicted molar refractivity (Wildman–Crippen MR) is 126 cm³/mol. The number of hydrogen-bond donors (Lipinski definition) is 1. The van der Waals surface area contributed by atoms with E-state index in [1.54, 1.807) is 27.7 Å². The quantitative estimate of drug-likeness (QED) is 0.478. The van der Waals surface area contributed by atoms with Crippen molar-refractivity contribution in [3.8, 4) is 0 Å². The first kappa shape index (κ1) is 24.4. The van der Waals surface area contributed by atoms with Crippen LogP contribution in [0.3, 0.4) is 0 Å². The van der Waals surface area contributed by atoms with E-state index in [-0.39, 0.29) is 18.9 Å². The topological polar surface area (TPSA) is 80.7 Å². The number of rotatable bonds is 6. The van der Waals surface area contributed by atoms with Gasteiger partial charge in [0.2, 0.25) is 6.04 Å². The molecule has 2 aromatic rings. The first-order valence-corrected chi connectivity index (χ1v) is 11.3. The zero-order chi connectivity index (χ0) is 24.2. The number of carbonyl (C=O) groups excluding carboxylic acids is 2. The molecule has 1 N–H and O–H groups in total. The number of amides is 2. The Balaban J connectivity index is 1.98. The molecule has 2 atom stereocenters. The van der Waals surface area contributed by atoms with Gasteiger partial charge in [-0.3, -0.25) is 0 Å². The summed E-state index contributed by atoms with van der Waals surface area (Å²) in [4.78, 5) is 38.7. The molecule has 33 heavy (non-hydrogen) atoms. The summed E-state index contributed by atoms with van der Waals surface area (Å²) in [5.41, 5.74) is 1.74. The highest BCUT2D eigenvalue weighted by atomic mass is 16.6. The molecule has 0 saturated carbocycles. The summed E-state index contributed by atoms with van der Waals surface area (Å²) in [6, 6.07) is 18.8. The molecule has 2 aromatic carbocycles. The highest BCUT2D eigenvalue weighted by Crippen LogP contribution is 2.37. The molecule has 2 amide bonds. The Morgan fingerprint density at radius 1 is 1.06 bits per heavy atom. The van der Waals surface area contributed by atoms with Gasteiger partial charge in [0.15, 0.2) is 0 Å². The van der Waals surface area contributed by atoms with Crippen LogP contribution in [0, 0.1) is 0 Å². The minimum atomic E-state index is -1.20. The van der Waals surface area contributed by atoms with Gasteiger partial charge < -0.3 is 9.84 Å². The normalized spacial score (nSPS) is 22.0. The maximum atomic E-state index is 13.5. The van der Waals surface area contributed by atoms with Crippen molar-refractivity contribution in [3.05, 3.63) is 83.4 Å². The van der Waals surface area contributed by atoms with Gasteiger partial charge in [-0.2, -0.15) is 4.79 Å². The summed E-state index contributed by atoms with van der Waals surface area (Å²) in [5, 5.41) is 9.89. The van der Waals surface area contributed by atoms with Crippen LogP contribution in [-0.2, 0) is 14.3 Å². The Morgan fingerprint density at radius 2 is 1.58 bits per heavy atom. The second-order valence-electron chi connectivity index (χ2n) is 9.37. The predicted octanol–water partition coefficient (Wildman–Crippen LogP) is 5.29. The lowest BCUT2D eigenvalue weighted by atomic mass is 9.88. The lowest BCUT2D eigenvalue weighted by Gasteiger charge is -2.32. The first-order chi connectivity index (χ1) is 15.6. The zero-order valence-corrected chi connectivity index (χ0v) is 19.7. The van der Waals surface area contributed by atoms with Crippen LogP contribution in [0.2, 0.25) is 0 Å². The summed E-state index contributed by atoms with van der Waals surface area (Å²) in [7, 11) is 0. The number of likely N-dealkylation sites (N-methyl/N-ethyl adjacent to an activating group) is 1. The zero-order valence-electron chi connectivity index (χ0n) is 19.7. The van der Waals surface area contributed by atoms with Crippen molar-refractivity contribution in [1.29, 1.82) is 0 Å². The highest BCUT2D eigenvalue weighted by Gasteiger charge is 2.62. The second-order valence-corrected chi connectivity index (χ2v) is 9.37. The van der Waals surface area contributed by atoms with Crippen LogP contribution in [0.5, 0.6) is 0 Å². The maximum absolute atomic E-state index is 13.5. The van der Waals surface area contributed by atoms with Crippen molar-refractivity contribution >= 4 is 18.0 Å². The molecule has 3 rings (SSSR count). The van der Waals surface area contributed by atoms with E-state index in [2.05, 4.69) is 0 Å². The number of allylic oxidation sites excluding steroid dienone is 1. The third-order valence-electron chi connectivity index (χ3n) is 6.09. The summed E-state index contributed by atoms with van der Waals surface area (Å²) < 4.78 is 4.65. The monoisotopic (exact) mass is 450 g/mol. The number of aliphatic carboxylic acids is 1. The largest absolute Gasteiger partial charge is 0.525 e. The molecule has 1 saturated heterocycles. The molecule has 0 aliphatic carbocycles. The molecule has 0 aromatic heterocycles. The van der Waals surface area contributed by atoms with E-state index in [0.29, 0.717) is 12.0 Å². The molecule has 6 heteroatoms. The van der Waals surface area contributed by atoms with Crippen LogP contribution in [0.25, 0.3) is 0 Å². The van der Waals surface area contributed by atoms with Crippen LogP contribution >= 0.6 is 0 Å². The number of quaternary nitrogens is 1. The minimum absolute atomic E-state index is 0.00151. The first-order valence-electron chi connectivity index (χ1n) is 11.3. The van der Waals surface area contributed by atoms with Gasteiger partial charge in [-0.25, -0.2) is 9.59 Å². The van der Waals surface area contributed by atoms with Crippen molar-refractivity contribution in [2.45, 2.75) is 58.1 Å². The number of carbonyl (C=O) groups is 3. The van der Waals surface area contributed by atoms with Crippen molar-refractivity contribution in [2.75, 3.05) is 6.54 Å². The summed E-state index contributed by atoms with van der Waals surface area (Å²) in [6.07, 6.45) is 1.51. The number of nitrogens with zero attached hydrogens (tertiary/aromatic N) is 1. The molecule has 0 spiro atoms. The molecule has 0 radical (unpaired) electrons. The average molecular weight is 451 g/mol. The van der Waals surface area contributed by atoms with Crippen molar-refractivity contribution in [3.63, 3.8) is 0 Å². The van der Waals surface area contributed by atoms with Crippen molar-refractivity contribution in [1.82, 2.24) is 0 Å². The smallest absolute Gasteiger partial charge is 0.477 e. The minimum Gasteiger partial charge on any atom is -0.477 e. The van der Waals surface area contributed by atoms with Crippen molar-refractivity contribution in [2.24, 2.45) is 0 Å². The van der Waals surface area contributed by atoms with Gasteiger partial charge >= 0.3 is 18.0 Å². The van der Waals surface area contributed by atoms with E-state index < -0.39 is 34.1 Å². The Labute approximate surface area is 195 Å². The third-order valence-corrected chi connectivity index (χ3v) is 6.09. The van der Waals surface area contributed by atoms with E-state index in [1.807, 2.05) is 66.7 Å². The van der Waals surface area contributed by atoms with E-state index in [0.717, 1.165) is 11.1 Å². The fraction of sp³-hybridized carbons (Fsp3) is 0.370.